The number of amides is 2. The van der Waals surface area contributed by atoms with Gasteiger partial charge in [-0.05, 0) is 25.3 Å². The van der Waals surface area contributed by atoms with Crippen LogP contribution >= 0.6 is 0 Å². The maximum Gasteiger partial charge on any atom is 0.225 e. The van der Waals surface area contributed by atoms with Crippen LogP contribution in [0, 0.1) is 5.92 Å². The number of rotatable bonds is 5. The van der Waals surface area contributed by atoms with E-state index in [0.717, 1.165) is 37.2 Å². The average Bonchev–Trinajstić information content (AvgIpc) is 2.83. The first-order valence-corrected chi connectivity index (χ1v) is 13.5. The molecule has 2 aliphatic rings. The van der Waals surface area contributed by atoms with Crippen LogP contribution in [0.15, 0.2) is 24.3 Å². The lowest BCUT2D eigenvalue weighted by Crippen LogP contribution is -2.50. The second kappa shape index (κ2) is 11.8. The maximum atomic E-state index is 13.3. The van der Waals surface area contributed by atoms with Crippen molar-refractivity contribution in [2.24, 2.45) is 5.92 Å². The lowest BCUT2D eigenvalue weighted by Gasteiger charge is -2.36. The molecule has 10 heteroatoms. The van der Waals surface area contributed by atoms with Gasteiger partial charge in [0.25, 0.3) is 0 Å². The van der Waals surface area contributed by atoms with Crippen molar-refractivity contribution in [2.45, 2.75) is 32.2 Å². The summed E-state index contributed by atoms with van der Waals surface area (Å²) in [6, 6.07) is 7.98. The fourth-order valence-corrected chi connectivity index (χ4v) is 5.39. The standard InChI is InChI=1S/C23H36N4O5S/c1-32-21-8-4-3-6-20(21)18-25-14-16-26(17-15-25)23(29)19-7-5-12-27(33(2,30)31)13-10-22(28)24-11-9-19/h3-4,6,8,19H,5,7,9-18H2,1-2H3,(H,24,28). The molecule has 0 bridgehead atoms. The highest BCUT2D eigenvalue weighted by Crippen LogP contribution is 2.22. The first kappa shape index (κ1) is 25.5. The Balaban J connectivity index is 1.56. The van der Waals surface area contributed by atoms with Crippen LogP contribution in [0.25, 0.3) is 0 Å². The molecule has 1 N–H and O–H groups in total. The van der Waals surface area contributed by atoms with Gasteiger partial charge >= 0.3 is 0 Å². The minimum absolute atomic E-state index is 0.103. The fraction of sp³-hybridized carbons (Fsp3) is 0.652. The second-order valence-corrected chi connectivity index (χ2v) is 10.8. The largest absolute Gasteiger partial charge is 0.496 e. The van der Waals surface area contributed by atoms with Crippen LogP contribution in [0.5, 0.6) is 5.75 Å². The van der Waals surface area contributed by atoms with E-state index in [4.69, 9.17) is 4.74 Å². The summed E-state index contributed by atoms with van der Waals surface area (Å²) < 4.78 is 30.8. The van der Waals surface area contributed by atoms with Crippen LogP contribution in [-0.4, -0.2) is 93.5 Å². The molecule has 184 valence electrons. The molecule has 2 fully saturated rings. The van der Waals surface area contributed by atoms with Gasteiger partial charge in [0, 0.05) is 70.3 Å². The van der Waals surface area contributed by atoms with Gasteiger partial charge in [-0.1, -0.05) is 18.2 Å². The Bertz CT molecular complexity index is 915. The average molecular weight is 481 g/mol. The first-order valence-electron chi connectivity index (χ1n) is 11.6. The third-order valence-electron chi connectivity index (χ3n) is 6.45. The van der Waals surface area contributed by atoms with E-state index < -0.39 is 10.0 Å². The fourth-order valence-electron chi connectivity index (χ4n) is 4.51. The molecule has 2 heterocycles. The van der Waals surface area contributed by atoms with Crippen molar-refractivity contribution in [1.29, 1.82) is 0 Å². The SMILES string of the molecule is COc1ccccc1CN1CCN(C(=O)C2CCCN(S(C)(=O)=O)CCC(=O)NCC2)CC1. The molecule has 0 radical (unpaired) electrons. The summed E-state index contributed by atoms with van der Waals surface area (Å²) in [5.74, 6) is 0.581. The second-order valence-electron chi connectivity index (χ2n) is 8.80. The number of carbonyl (C=O) groups is 2. The summed E-state index contributed by atoms with van der Waals surface area (Å²) in [5, 5.41) is 2.83. The van der Waals surface area contributed by atoms with Crippen LogP contribution in [0.1, 0.15) is 31.2 Å². The van der Waals surface area contributed by atoms with Crippen LogP contribution in [0.3, 0.4) is 0 Å². The Labute approximate surface area is 197 Å². The van der Waals surface area contributed by atoms with Crippen molar-refractivity contribution in [1.82, 2.24) is 19.4 Å². The molecule has 33 heavy (non-hydrogen) atoms. The van der Waals surface area contributed by atoms with Crippen LogP contribution in [0.4, 0.5) is 0 Å². The molecule has 0 saturated carbocycles. The molecule has 2 saturated heterocycles. The van der Waals surface area contributed by atoms with Crippen molar-refractivity contribution in [3.63, 3.8) is 0 Å². The lowest BCUT2D eigenvalue weighted by molar-refractivity contribution is -0.138. The number of nitrogens with one attached hydrogen (secondary N) is 1. The third-order valence-corrected chi connectivity index (χ3v) is 7.76. The van der Waals surface area contributed by atoms with E-state index in [1.807, 2.05) is 23.1 Å². The van der Waals surface area contributed by atoms with Gasteiger partial charge in [0.1, 0.15) is 5.75 Å². The summed E-state index contributed by atoms with van der Waals surface area (Å²) in [6.45, 7) is 4.62. The van der Waals surface area contributed by atoms with Gasteiger partial charge in [-0.2, -0.15) is 0 Å². The van der Waals surface area contributed by atoms with E-state index in [1.165, 1.54) is 4.31 Å². The van der Waals surface area contributed by atoms with Crippen molar-refractivity contribution in [2.75, 3.05) is 59.2 Å². The van der Waals surface area contributed by atoms with Gasteiger partial charge in [-0.15, -0.1) is 0 Å². The van der Waals surface area contributed by atoms with Gasteiger partial charge in [-0.25, -0.2) is 12.7 Å². The van der Waals surface area contributed by atoms with E-state index >= 15 is 0 Å². The monoisotopic (exact) mass is 480 g/mol. The number of ether oxygens (including phenoxy) is 1. The molecule has 0 aromatic heterocycles. The third kappa shape index (κ3) is 7.41. The Morgan fingerprint density at radius 3 is 2.52 bits per heavy atom. The molecule has 1 unspecified atom stereocenters. The summed E-state index contributed by atoms with van der Waals surface area (Å²) in [7, 11) is -1.71. The van der Waals surface area contributed by atoms with Gasteiger partial charge in [0.15, 0.2) is 0 Å². The number of hydrogen-bond acceptors (Lipinski definition) is 6. The highest BCUT2D eigenvalue weighted by atomic mass is 32.2. The van der Waals surface area contributed by atoms with E-state index in [0.29, 0.717) is 45.4 Å². The molecule has 1 atom stereocenters. The molecule has 1 aromatic carbocycles. The number of para-hydroxylation sites is 1. The predicted molar refractivity (Wildman–Crippen MR) is 126 cm³/mol. The number of hydrogen-bond donors (Lipinski definition) is 1. The summed E-state index contributed by atoms with van der Waals surface area (Å²) in [6.07, 6.45) is 3.09. The molecule has 0 aliphatic carbocycles. The number of methoxy groups -OCH3 is 1. The Morgan fingerprint density at radius 1 is 1.09 bits per heavy atom. The molecule has 3 rings (SSSR count). The predicted octanol–water partition coefficient (Wildman–Crippen LogP) is 0.907. The van der Waals surface area contributed by atoms with Gasteiger partial charge < -0.3 is 15.0 Å². The number of carbonyl (C=O) groups excluding carboxylic acids is 2. The normalized spacial score (nSPS) is 22.3. The summed E-state index contributed by atoms with van der Waals surface area (Å²) >= 11 is 0. The first-order chi connectivity index (χ1) is 15.8. The van der Waals surface area contributed by atoms with Gasteiger partial charge in [-0.3, -0.25) is 14.5 Å². The van der Waals surface area contributed by atoms with E-state index in [-0.39, 0.29) is 30.7 Å². The zero-order valence-corrected chi connectivity index (χ0v) is 20.5. The van der Waals surface area contributed by atoms with Crippen LogP contribution in [0.2, 0.25) is 0 Å². The summed E-state index contributed by atoms with van der Waals surface area (Å²) in [4.78, 5) is 29.6. The molecule has 9 nitrogen and oxygen atoms in total. The molecular formula is C23H36N4O5S. The number of sulfonamides is 1. The zero-order chi connectivity index (χ0) is 23.8. The molecule has 0 spiro atoms. The van der Waals surface area contributed by atoms with Crippen LogP contribution < -0.4 is 10.1 Å². The molecule has 2 amide bonds. The Kier molecular flexibility index (Phi) is 9.10. The van der Waals surface area contributed by atoms with E-state index in [9.17, 15) is 18.0 Å². The number of benzene rings is 1. The maximum absolute atomic E-state index is 13.3. The zero-order valence-electron chi connectivity index (χ0n) is 19.7. The van der Waals surface area contributed by atoms with Crippen molar-refractivity contribution in [3.8, 4) is 5.75 Å². The highest BCUT2D eigenvalue weighted by molar-refractivity contribution is 7.88. The molecular weight excluding hydrogens is 444 g/mol. The smallest absolute Gasteiger partial charge is 0.225 e. The summed E-state index contributed by atoms with van der Waals surface area (Å²) in [5.41, 5.74) is 1.13. The number of piperazine rings is 1. The quantitative estimate of drug-likeness (QED) is 0.673. The Morgan fingerprint density at radius 2 is 1.82 bits per heavy atom. The molecule has 2 aliphatic heterocycles. The number of nitrogens with zero attached hydrogens (tertiary/aromatic N) is 3. The minimum atomic E-state index is -3.38. The van der Waals surface area contributed by atoms with E-state index in [1.54, 1.807) is 7.11 Å². The topological polar surface area (TPSA) is 99.3 Å². The molecule has 1 aromatic rings. The van der Waals surface area contributed by atoms with Crippen molar-refractivity contribution in [3.05, 3.63) is 29.8 Å². The van der Waals surface area contributed by atoms with Crippen molar-refractivity contribution < 1.29 is 22.7 Å². The van der Waals surface area contributed by atoms with E-state index in [2.05, 4.69) is 16.3 Å². The van der Waals surface area contributed by atoms with Gasteiger partial charge in [0.2, 0.25) is 21.8 Å². The highest BCUT2D eigenvalue weighted by Gasteiger charge is 2.28. The Hall–Kier alpha value is -2.17. The van der Waals surface area contributed by atoms with Gasteiger partial charge in [0.05, 0.1) is 13.4 Å². The van der Waals surface area contributed by atoms with Crippen LogP contribution in [-0.2, 0) is 26.2 Å². The van der Waals surface area contributed by atoms with Crippen molar-refractivity contribution >= 4 is 21.8 Å². The lowest BCUT2D eigenvalue weighted by atomic mass is 9.97. The minimum Gasteiger partial charge on any atom is -0.496 e.